The third-order valence-electron chi connectivity index (χ3n) is 2.66. The van der Waals surface area contributed by atoms with E-state index in [0.717, 1.165) is 23.6 Å². The fourth-order valence-electron chi connectivity index (χ4n) is 1.67. The molecule has 1 atom stereocenters. The Morgan fingerprint density at radius 2 is 2.24 bits per heavy atom. The number of nitrogens with zero attached hydrogens (tertiary/aromatic N) is 2. The summed E-state index contributed by atoms with van der Waals surface area (Å²) in [7, 11) is 0. The molecule has 4 heteroatoms. The molecule has 0 amide bonds. The smallest absolute Gasteiger partial charge is 0.120 e. The van der Waals surface area contributed by atoms with Gasteiger partial charge in [-0.1, -0.05) is 6.92 Å². The average Bonchev–Trinajstić information content (AvgIpc) is 2.86. The average molecular weight is 231 g/mol. The SMILES string of the molecule is CCC(NCc1cnc(C)cn1)c1ccco1. The lowest BCUT2D eigenvalue weighted by Gasteiger charge is -2.13. The van der Waals surface area contributed by atoms with Crippen molar-refractivity contribution in [2.24, 2.45) is 0 Å². The Labute approximate surface area is 101 Å². The number of rotatable bonds is 5. The number of hydrogen-bond acceptors (Lipinski definition) is 4. The van der Waals surface area contributed by atoms with Crippen molar-refractivity contribution in [3.05, 3.63) is 47.9 Å². The highest BCUT2D eigenvalue weighted by molar-refractivity contribution is 5.05. The van der Waals surface area contributed by atoms with Crippen molar-refractivity contribution < 1.29 is 4.42 Å². The quantitative estimate of drug-likeness (QED) is 0.859. The highest BCUT2D eigenvalue weighted by atomic mass is 16.3. The molecule has 0 spiro atoms. The maximum absolute atomic E-state index is 5.40. The maximum Gasteiger partial charge on any atom is 0.120 e. The Morgan fingerprint density at radius 1 is 1.35 bits per heavy atom. The molecule has 0 bridgehead atoms. The minimum Gasteiger partial charge on any atom is -0.468 e. The van der Waals surface area contributed by atoms with Gasteiger partial charge in [-0.25, -0.2) is 0 Å². The zero-order valence-electron chi connectivity index (χ0n) is 10.2. The van der Waals surface area contributed by atoms with Gasteiger partial charge in [0.1, 0.15) is 5.76 Å². The molecule has 2 rings (SSSR count). The Balaban J connectivity index is 1.94. The Morgan fingerprint density at radius 3 is 2.82 bits per heavy atom. The van der Waals surface area contributed by atoms with Gasteiger partial charge in [0.15, 0.2) is 0 Å². The van der Waals surface area contributed by atoms with E-state index in [1.165, 1.54) is 0 Å². The largest absolute Gasteiger partial charge is 0.468 e. The standard InChI is InChI=1S/C13H17N3O/c1-3-12(13-5-4-6-17-13)16-9-11-8-14-10(2)7-15-11/h4-8,12,16H,3,9H2,1-2H3. The van der Waals surface area contributed by atoms with Gasteiger partial charge in [0.05, 0.1) is 23.7 Å². The predicted octanol–water partition coefficient (Wildman–Crippen LogP) is 2.62. The molecule has 0 radical (unpaired) electrons. The van der Waals surface area contributed by atoms with Gasteiger partial charge < -0.3 is 9.73 Å². The fraction of sp³-hybridized carbons (Fsp3) is 0.385. The highest BCUT2D eigenvalue weighted by Crippen LogP contribution is 2.16. The first-order valence-electron chi connectivity index (χ1n) is 5.84. The monoisotopic (exact) mass is 231 g/mol. The first kappa shape index (κ1) is 11.8. The third-order valence-corrected chi connectivity index (χ3v) is 2.66. The van der Waals surface area contributed by atoms with Crippen LogP contribution in [0.1, 0.15) is 36.5 Å². The van der Waals surface area contributed by atoms with Crippen molar-refractivity contribution in [3.8, 4) is 0 Å². The predicted molar refractivity (Wildman–Crippen MR) is 65.3 cm³/mol. The van der Waals surface area contributed by atoms with Crippen molar-refractivity contribution >= 4 is 0 Å². The van der Waals surface area contributed by atoms with Crippen molar-refractivity contribution in [1.29, 1.82) is 0 Å². The highest BCUT2D eigenvalue weighted by Gasteiger charge is 2.11. The molecule has 0 aliphatic rings. The lowest BCUT2D eigenvalue weighted by molar-refractivity contribution is 0.401. The van der Waals surface area contributed by atoms with Gasteiger partial charge >= 0.3 is 0 Å². The van der Waals surface area contributed by atoms with E-state index >= 15 is 0 Å². The molecule has 0 aliphatic heterocycles. The van der Waals surface area contributed by atoms with Crippen LogP contribution in [0.2, 0.25) is 0 Å². The zero-order chi connectivity index (χ0) is 12.1. The lowest BCUT2D eigenvalue weighted by Crippen LogP contribution is -2.20. The topological polar surface area (TPSA) is 51.0 Å². The summed E-state index contributed by atoms with van der Waals surface area (Å²) in [6.45, 7) is 4.76. The van der Waals surface area contributed by atoms with Gasteiger partial charge in [-0.2, -0.15) is 0 Å². The van der Waals surface area contributed by atoms with Crippen LogP contribution in [0.4, 0.5) is 0 Å². The number of furan rings is 1. The van der Waals surface area contributed by atoms with E-state index in [9.17, 15) is 0 Å². The van der Waals surface area contributed by atoms with Crippen LogP contribution in [0.3, 0.4) is 0 Å². The maximum atomic E-state index is 5.40. The summed E-state index contributed by atoms with van der Waals surface area (Å²) >= 11 is 0. The minimum atomic E-state index is 0.230. The van der Waals surface area contributed by atoms with Crippen LogP contribution >= 0.6 is 0 Å². The van der Waals surface area contributed by atoms with Gasteiger partial charge in [-0.05, 0) is 25.5 Å². The number of nitrogens with one attached hydrogen (secondary N) is 1. The molecule has 0 saturated heterocycles. The van der Waals surface area contributed by atoms with E-state index < -0.39 is 0 Å². The molecule has 1 unspecified atom stereocenters. The number of hydrogen-bond donors (Lipinski definition) is 1. The van der Waals surface area contributed by atoms with E-state index in [-0.39, 0.29) is 6.04 Å². The lowest BCUT2D eigenvalue weighted by atomic mass is 10.1. The van der Waals surface area contributed by atoms with Crippen LogP contribution in [-0.2, 0) is 6.54 Å². The van der Waals surface area contributed by atoms with Gasteiger partial charge in [0.2, 0.25) is 0 Å². The molecule has 2 heterocycles. The molecule has 4 nitrogen and oxygen atoms in total. The molecule has 0 fully saturated rings. The molecule has 0 aliphatic carbocycles. The van der Waals surface area contributed by atoms with Gasteiger partial charge in [0.25, 0.3) is 0 Å². The van der Waals surface area contributed by atoms with E-state index in [1.54, 1.807) is 18.7 Å². The normalized spacial score (nSPS) is 12.6. The summed E-state index contributed by atoms with van der Waals surface area (Å²) in [5.41, 5.74) is 1.88. The summed E-state index contributed by atoms with van der Waals surface area (Å²) in [5, 5.41) is 3.41. The van der Waals surface area contributed by atoms with Gasteiger partial charge in [-0.3, -0.25) is 9.97 Å². The van der Waals surface area contributed by atoms with Gasteiger partial charge in [-0.15, -0.1) is 0 Å². The summed E-state index contributed by atoms with van der Waals surface area (Å²) in [6, 6.07) is 4.13. The third kappa shape index (κ3) is 3.14. The van der Waals surface area contributed by atoms with E-state index in [2.05, 4.69) is 22.2 Å². The minimum absolute atomic E-state index is 0.230. The van der Waals surface area contributed by atoms with Crippen molar-refractivity contribution in [1.82, 2.24) is 15.3 Å². The van der Waals surface area contributed by atoms with Crippen LogP contribution < -0.4 is 5.32 Å². The molecular weight excluding hydrogens is 214 g/mol. The summed E-state index contributed by atoms with van der Waals surface area (Å²) < 4.78 is 5.40. The van der Waals surface area contributed by atoms with Crippen LogP contribution in [-0.4, -0.2) is 9.97 Å². The number of aromatic nitrogens is 2. The second-order valence-electron chi connectivity index (χ2n) is 4.01. The first-order chi connectivity index (χ1) is 8.29. The van der Waals surface area contributed by atoms with E-state index in [4.69, 9.17) is 4.42 Å². The van der Waals surface area contributed by atoms with Crippen LogP contribution in [0.5, 0.6) is 0 Å². The van der Waals surface area contributed by atoms with Crippen LogP contribution in [0, 0.1) is 6.92 Å². The molecule has 17 heavy (non-hydrogen) atoms. The zero-order valence-corrected chi connectivity index (χ0v) is 10.2. The van der Waals surface area contributed by atoms with Crippen molar-refractivity contribution in [3.63, 3.8) is 0 Å². The van der Waals surface area contributed by atoms with Gasteiger partial charge in [0, 0.05) is 18.9 Å². The second-order valence-corrected chi connectivity index (χ2v) is 4.01. The van der Waals surface area contributed by atoms with Crippen molar-refractivity contribution in [2.45, 2.75) is 32.9 Å². The van der Waals surface area contributed by atoms with Crippen LogP contribution in [0.25, 0.3) is 0 Å². The Bertz CT molecular complexity index is 436. The summed E-state index contributed by atoms with van der Waals surface area (Å²) in [4.78, 5) is 8.53. The molecule has 0 saturated carbocycles. The number of aryl methyl sites for hydroxylation is 1. The molecule has 90 valence electrons. The Hall–Kier alpha value is -1.68. The van der Waals surface area contributed by atoms with E-state index in [0.29, 0.717) is 6.54 Å². The Kier molecular flexibility index (Phi) is 3.88. The molecular formula is C13H17N3O. The first-order valence-corrected chi connectivity index (χ1v) is 5.84. The summed E-state index contributed by atoms with van der Waals surface area (Å²) in [6.07, 6.45) is 6.26. The second kappa shape index (κ2) is 5.59. The molecule has 2 aromatic rings. The summed E-state index contributed by atoms with van der Waals surface area (Å²) in [5.74, 6) is 0.965. The fourth-order valence-corrected chi connectivity index (χ4v) is 1.67. The molecule has 2 aromatic heterocycles. The van der Waals surface area contributed by atoms with E-state index in [1.807, 2.05) is 19.1 Å². The molecule has 1 N–H and O–H groups in total. The molecule has 0 aromatic carbocycles. The van der Waals surface area contributed by atoms with Crippen LogP contribution in [0.15, 0.2) is 35.2 Å². The van der Waals surface area contributed by atoms with Crippen molar-refractivity contribution in [2.75, 3.05) is 0 Å².